The maximum atomic E-state index is 4.49. The number of aromatic nitrogens is 2. The minimum absolute atomic E-state index is 0.878. The highest BCUT2D eigenvalue weighted by molar-refractivity contribution is 5.79. The number of benzene rings is 2. The van der Waals surface area contributed by atoms with Gasteiger partial charge in [0.1, 0.15) is 0 Å². The van der Waals surface area contributed by atoms with Gasteiger partial charge in [0.2, 0.25) is 5.95 Å². The van der Waals surface area contributed by atoms with Crippen molar-refractivity contribution in [1.82, 2.24) is 9.55 Å². The molecular formula is C18H17N3. The van der Waals surface area contributed by atoms with E-state index in [9.17, 15) is 0 Å². The van der Waals surface area contributed by atoms with Crippen LogP contribution in [0.25, 0.3) is 11.1 Å². The third kappa shape index (κ3) is 2.02. The van der Waals surface area contributed by atoms with E-state index in [1.807, 2.05) is 24.7 Å². The summed E-state index contributed by atoms with van der Waals surface area (Å²) in [4.78, 5) is 4.49. The highest BCUT2D eigenvalue weighted by atomic mass is 15.2. The number of rotatable bonds is 2. The summed E-state index contributed by atoms with van der Waals surface area (Å²) in [6, 6.07) is 15.2. The topological polar surface area (TPSA) is 29.9 Å². The highest BCUT2D eigenvalue weighted by Gasteiger charge is 2.18. The Bertz CT molecular complexity index is 830. The Morgan fingerprint density at radius 2 is 1.86 bits per heavy atom. The van der Waals surface area contributed by atoms with E-state index in [1.165, 1.54) is 22.3 Å². The molecule has 0 saturated heterocycles. The van der Waals surface area contributed by atoms with Gasteiger partial charge in [-0.2, -0.15) is 0 Å². The Kier molecular flexibility index (Phi) is 2.61. The van der Waals surface area contributed by atoms with E-state index in [0.717, 1.165) is 23.8 Å². The third-order valence-corrected chi connectivity index (χ3v) is 4.05. The second-order valence-corrected chi connectivity index (χ2v) is 5.65. The van der Waals surface area contributed by atoms with Gasteiger partial charge in [0.25, 0.3) is 0 Å². The van der Waals surface area contributed by atoms with Gasteiger partial charge in [-0.25, -0.2) is 4.98 Å². The number of anilines is 2. The number of aryl methyl sites for hydroxylation is 2. The molecule has 3 heteroatoms. The normalized spacial score (nSPS) is 12.1. The summed E-state index contributed by atoms with van der Waals surface area (Å²) in [5, 5.41) is 3.40. The number of hydrogen-bond acceptors (Lipinski definition) is 2. The molecule has 2 aromatic carbocycles. The first kappa shape index (κ1) is 12.2. The molecule has 3 aromatic rings. The zero-order chi connectivity index (χ0) is 14.4. The second-order valence-electron chi connectivity index (χ2n) is 5.65. The fourth-order valence-corrected chi connectivity index (χ4v) is 3.08. The number of nitrogens with one attached hydrogen (secondary N) is 1. The molecule has 104 valence electrons. The van der Waals surface area contributed by atoms with Gasteiger partial charge in [0.15, 0.2) is 0 Å². The van der Waals surface area contributed by atoms with E-state index >= 15 is 0 Å². The lowest BCUT2D eigenvalue weighted by molar-refractivity contribution is 0.923. The molecule has 21 heavy (non-hydrogen) atoms. The van der Waals surface area contributed by atoms with Crippen molar-refractivity contribution in [3.8, 4) is 11.1 Å². The van der Waals surface area contributed by atoms with Gasteiger partial charge in [0.05, 0.1) is 5.69 Å². The van der Waals surface area contributed by atoms with E-state index in [4.69, 9.17) is 0 Å². The van der Waals surface area contributed by atoms with Crippen molar-refractivity contribution in [2.24, 2.45) is 7.05 Å². The third-order valence-electron chi connectivity index (χ3n) is 4.05. The van der Waals surface area contributed by atoms with Crippen LogP contribution in [-0.2, 0) is 13.5 Å². The van der Waals surface area contributed by atoms with E-state index in [1.54, 1.807) is 0 Å². The van der Waals surface area contributed by atoms with Crippen LogP contribution in [0.15, 0.2) is 48.7 Å². The zero-order valence-corrected chi connectivity index (χ0v) is 12.2. The van der Waals surface area contributed by atoms with E-state index < -0.39 is 0 Å². The predicted molar refractivity (Wildman–Crippen MR) is 85.9 cm³/mol. The molecule has 0 aliphatic heterocycles. The Morgan fingerprint density at radius 1 is 1.05 bits per heavy atom. The summed E-state index contributed by atoms with van der Waals surface area (Å²) in [5.41, 5.74) is 7.63. The summed E-state index contributed by atoms with van der Waals surface area (Å²) in [5.74, 6) is 0.878. The summed E-state index contributed by atoms with van der Waals surface area (Å²) in [7, 11) is 2.01. The van der Waals surface area contributed by atoms with Crippen LogP contribution in [0.5, 0.6) is 0 Å². The maximum Gasteiger partial charge on any atom is 0.207 e. The molecule has 0 bridgehead atoms. The summed E-state index contributed by atoms with van der Waals surface area (Å²) >= 11 is 0. The van der Waals surface area contributed by atoms with Crippen LogP contribution in [0.3, 0.4) is 0 Å². The van der Waals surface area contributed by atoms with Crippen LogP contribution >= 0.6 is 0 Å². The molecule has 0 spiro atoms. The SMILES string of the molecule is Cc1cn(C)c(Nc2ccc3c(c2)Cc2ccccc2-3)n1. The average molecular weight is 275 g/mol. The molecule has 1 aliphatic carbocycles. The minimum Gasteiger partial charge on any atom is -0.326 e. The molecular weight excluding hydrogens is 258 g/mol. The number of imidazole rings is 1. The summed E-state index contributed by atoms with van der Waals surface area (Å²) in [6.45, 7) is 2.00. The van der Waals surface area contributed by atoms with Gasteiger partial charge in [-0.3, -0.25) is 0 Å². The van der Waals surface area contributed by atoms with Crippen molar-refractivity contribution in [3.63, 3.8) is 0 Å². The van der Waals surface area contributed by atoms with Crippen molar-refractivity contribution in [1.29, 1.82) is 0 Å². The van der Waals surface area contributed by atoms with Crippen molar-refractivity contribution in [2.45, 2.75) is 13.3 Å². The van der Waals surface area contributed by atoms with Crippen LogP contribution in [0.2, 0.25) is 0 Å². The van der Waals surface area contributed by atoms with Crippen molar-refractivity contribution in [3.05, 3.63) is 65.5 Å². The van der Waals surface area contributed by atoms with E-state index in [2.05, 4.69) is 52.8 Å². The molecule has 1 N–H and O–H groups in total. The quantitative estimate of drug-likeness (QED) is 0.598. The highest BCUT2D eigenvalue weighted by Crippen LogP contribution is 2.37. The molecule has 4 rings (SSSR count). The van der Waals surface area contributed by atoms with Crippen molar-refractivity contribution >= 4 is 11.6 Å². The fraction of sp³-hybridized carbons (Fsp3) is 0.167. The summed E-state index contributed by atoms with van der Waals surface area (Å²) in [6.07, 6.45) is 3.03. The van der Waals surface area contributed by atoms with Gasteiger partial charge in [-0.15, -0.1) is 0 Å². The molecule has 0 radical (unpaired) electrons. The molecule has 0 saturated carbocycles. The van der Waals surface area contributed by atoms with Crippen molar-refractivity contribution in [2.75, 3.05) is 5.32 Å². The largest absolute Gasteiger partial charge is 0.326 e. The predicted octanol–water partition coefficient (Wildman–Crippen LogP) is 4.04. The van der Waals surface area contributed by atoms with E-state index in [-0.39, 0.29) is 0 Å². The zero-order valence-electron chi connectivity index (χ0n) is 12.2. The van der Waals surface area contributed by atoms with Gasteiger partial charge >= 0.3 is 0 Å². The molecule has 1 aromatic heterocycles. The number of fused-ring (bicyclic) bond motifs is 3. The standard InChI is InChI=1S/C18H17N3/c1-12-11-21(2)18(19-12)20-15-7-8-17-14(10-15)9-13-5-3-4-6-16(13)17/h3-8,10-11H,9H2,1-2H3,(H,19,20). The smallest absolute Gasteiger partial charge is 0.207 e. The Hall–Kier alpha value is -2.55. The molecule has 0 amide bonds. The second kappa shape index (κ2) is 4.48. The number of hydrogen-bond donors (Lipinski definition) is 1. The molecule has 0 fully saturated rings. The molecule has 1 aliphatic rings. The average Bonchev–Trinajstić information content (AvgIpc) is 2.98. The van der Waals surface area contributed by atoms with Crippen LogP contribution < -0.4 is 5.32 Å². The molecule has 0 atom stereocenters. The van der Waals surface area contributed by atoms with Crippen LogP contribution in [0.4, 0.5) is 11.6 Å². The lowest BCUT2D eigenvalue weighted by Crippen LogP contribution is -1.98. The first-order chi connectivity index (χ1) is 10.2. The van der Waals surface area contributed by atoms with Crippen LogP contribution in [-0.4, -0.2) is 9.55 Å². The lowest BCUT2D eigenvalue weighted by Gasteiger charge is -2.08. The van der Waals surface area contributed by atoms with Crippen LogP contribution in [0.1, 0.15) is 16.8 Å². The Labute approximate surface area is 124 Å². The van der Waals surface area contributed by atoms with Crippen molar-refractivity contribution < 1.29 is 0 Å². The monoisotopic (exact) mass is 275 g/mol. The van der Waals surface area contributed by atoms with E-state index in [0.29, 0.717) is 0 Å². The molecule has 0 unspecified atom stereocenters. The first-order valence-electron chi connectivity index (χ1n) is 7.19. The van der Waals surface area contributed by atoms with Gasteiger partial charge in [-0.1, -0.05) is 30.3 Å². The molecule has 3 nitrogen and oxygen atoms in total. The first-order valence-corrected chi connectivity index (χ1v) is 7.19. The maximum absolute atomic E-state index is 4.49. The van der Waals surface area contributed by atoms with Gasteiger partial charge in [0, 0.05) is 18.9 Å². The van der Waals surface area contributed by atoms with Crippen LogP contribution in [0, 0.1) is 6.92 Å². The Morgan fingerprint density at radius 3 is 2.67 bits per heavy atom. The Balaban J connectivity index is 1.69. The van der Waals surface area contributed by atoms with Gasteiger partial charge < -0.3 is 9.88 Å². The lowest BCUT2D eigenvalue weighted by atomic mass is 10.1. The molecule has 1 heterocycles. The minimum atomic E-state index is 0.878. The van der Waals surface area contributed by atoms with Gasteiger partial charge in [-0.05, 0) is 47.7 Å². The number of nitrogens with zero attached hydrogens (tertiary/aromatic N) is 2. The fourth-order valence-electron chi connectivity index (χ4n) is 3.08. The summed E-state index contributed by atoms with van der Waals surface area (Å²) < 4.78 is 2.01.